The van der Waals surface area contributed by atoms with Gasteiger partial charge >= 0.3 is 0 Å². The van der Waals surface area contributed by atoms with E-state index in [0.29, 0.717) is 11.1 Å². The van der Waals surface area contributed by atoms with E-state index in [2.05, 4.69) is 25.6 Å². The fourth-order valence-electron chi connectivity index (χ4n) is 1.62. The van der Waals surface area contributed by atoms with Crippen LogP contribution in [0.2, 0.25) is 5.02 Å². The Morgan fingerprint density at radius 3 is 2.81 bits per heavy atom. The molecule has 0 bridgehead atoms. The number of aromatic nitrogens is 1. The number of hydrogen-bond acceptors (Lipinski definition) is 4. The Balaban J connectivity index is 2.44. The minimum atomic E-state index is -3.84. The minimum absolute atomic E-state index is 0.0265. The summed E-state index contributed by atoms with van der Waals surface area (Å²) in [5.74, 6) is 0.271. The Labute approximate surface area is 136 Å². The molecule has 1 N–H and O–H groups in total. The van der Waals surface area contributed by atoms with Crippen molar-refractivity contribution in [2.24, 2.45) is 0 Å². The molecule has 112 valence electrons. The van der Waals surface area contributed by atoms with Gasteiger partial charge in [0.2, 0.25) is 0 Å². The van der Waals surface area contributed by atoms with Crippen molar-refractivity contribution in [3.8, 4) is 5.75 Å². The number of sulfonamides is 1. The Hall–Kier alpha value is -1.31. The molecule has 0 saturated carbocycles. The second-order valence-electron chi connectivity index (χ2n) is 3.99. The summed E-state index contributed by atoms with van der Waals surface area (Å²) in [4.78, 5) is 3.87. The lowest BCUT2D eigenvalue weighted by atomic mass is 10.3. The maximum atomic E-state index is 12.5. The Morgan fingerprint density at radius 1 is 1.38 bits per heavy atom. The normalized spacial score (nSPS) is 11.2. The number of nitrogens with zero attached hydrogens (tertiary/aromatic N) is 1. The van der Waals surface area contributed by atoms with Crippen LogP contribution in [0.3, 0.4) is 0 Å². The smallest absolute Gasteiger partial charge is 0.265 e. The van der Waals surface area contributed by atoms with Crippen molar-refractivity contribution in [2.45, 2.75) is 11.8 Å². The molecule has 5 nitrogen and oxygen atoms in total. The van der Waals surface area contributed by atoms with E-state index in [9.17, 15) is 8.42 Å². The molecule has 0 atom stereocenters. The molecular weight excluding hydrogens is 380 g/mol. The van der Waals surface area contributed by atoms with Crippen LogP contribution in [0.25, 0.3) is 0 Å². The quantitative estimate of drug-likeness (QED) is 0.844. The predicted octanol–water partition coefficient (Wildman–Crippen LogP) is 3.70. The molecule has 0 aliphatic carbocycles. The first kappa shape index (κ1) is 16.1. The van der Waals surface area contributed by atoms with Crippen molar-refractivity contribution < 1.29 is 13.2 Å². The molecule has 8 heteroatoms. The van der Waals surface area contributed by atoms with Gasteiger partial charge in [-0.15, -0.1) is 0 Å². The molecule has 0 radical (unpaired) electrons. The second kappa shape index (κ2) is 6.64. The number of rotatable bonds is 5. The van der Waals surface area contributed by atoms with Gasteiger partial charge in [-0.2, -0.15) is 0 Å². The maximum Gasteiger partial charge on any atom is 0.265 e. The number of pyridine rings is 1. The van der Waals surface area contributed by atoms with Crippen molar-refractivity contribution in [3.05, 3.63) is 46.2 Å². The van der Waals surface area contributed by atoms with E-state index < -0.39 is 10.0 Å². The van der Waals surface area contributed by atoms with Gasteiger partial charge in [0.05, 0.1) is 23.5 Å². The Bertz CT molecular complexity index is 753. The fourth-order valence-corrected chi connectivity index (χ4v) is 3.58. The van der Waals surface area contributed by atoms with Crippen LogP contribution >= 0.6 is 27.5 Å². The van der Waals surface area contributed by atoms with Crippen LogP contribution in [-0.4, -0.2) is 20.0 Å². The highest BCUT2D eigenvalue weighted by Crippen LogP contribution is 2.30. The molecule has 0 fully saturated rings. The summed E-state index contributed by atoms with van der Waals surface area (Å²) in [5, 5.41) is 0.265. The average molecular weight is 392 g/mol. The summed E-state index contributed by atoms with van der Waals surface area (Å²) in [6.45, 7) is 2.14. The van der Waals surface area contributed by atoms with Crippen LogP contribution in [0.5, 0.6) is 5.75 Å². The molecule has 1 heterocycles. The van der Waals surface area contributed by atoms with Crippen LogP contribution in [0.4, 0.5) is 5.69 Å². The lowest BCUT2D eigenvalue weighted by Gasteiger charge is -2.13. The highest BCUT2D eigenvalue weighted by molar-refractivity contribution is 9.10. The van der Waals surface area contributed by atoms with E-state index in [1.165, 1.54) is 24.5 Å². The van der Waals surface area contributed by atoms with Gasteiger partial charge in [-0.1, -0.05) is 27.5 Å². The van der Waals surface area contributed by atoms with Crippen molar-refractivity contribution in [2.75, 3.05) is 11.3 Å². The lowest BCUT2D eigenvalue weighted by Crippen LogP contribution is -2.15. The molecule has 0 saturated heterocycles. The number of benzene rings is 1. The third kappa shape index (κ3) is 3.87. The Kier molecular flexibility index (Phi) is 5.08. The summed E-state index contributed by atoms with van der Waals surface area (Å²) in [5.41, 5.74) is 0.210. The van der Waals surface area contributed by atoms with Crippen molar-refractivity contribution in [1.29, 1.82) is 0 Å². The maximum absolute atomic E-state index is 12.5. The topological polar surface area (TPSA) is 68.3 Å². The highest BCUT2D eigenvalue weighted by atomic mass is 79.9. The molecule has 1 aromatic carbocycles. The third-order valence-corrected chi connectivity index (χ3v) is 4.72. The summed E-state index contributed by atoms with van der Waals surface area (Å²) >= 11 is 9.20. The van der Waals surface area contributed by atoms with Crippen LogP contribution in [0.15, 0.2) is 46.0 Å². The summed E-state index contributed by atoms with van der Waals surface area (Å²) in [7, 11) is -3.84. The zero-order chi connectivity index (χ0) is 15.5. The van der Waals surface area contributed by atoms with Crippen molar-refractivity contribution in [3.63, 3.8) is 0 Å². The first-order valence-corrected chi connectivity index (χ1v) is 8.64. The van der Waals surface area contributed by atoms with E-state index in [1.54, 1.807) is 19.1 Å². The number of ether oxygens (including phenoxy) is 1. The molecule has 0 aliphatic heterocycles. The summed E-state index contributed by atoms with van der Waals surface area (Å²) < 4.78 is 33.4. The average Bonchev–Trinajstić information content (AvgIpc) is 2.43. The highest BCUT2D eigenvalue weighted by Gasteiger charge is 2.21. The van der Waals surface area contributed by atoms with Gasteiger partial charge in [0.1, 0.15) is 10.6 Å². The van der Waals surface area contributed by atoms with Gasteiger partial charge in [0, 0.05) is 10.7 Å². The van der Waals surface area contributed by atoms with Crippen LogP contribution in [0.1, 0.15) is 6.92 Å². The molecule has 1 aromatic heterocycles. The van der Waals surface area contributed by atoms with Gasteiger partial charge in [-0.05, 0) is 31.2 Å². The largest absolute Gasteiger partial charge is 0.492 e. The van der Waals surface area contributed by atoms with Crippen LogP contribution in [-0.2, 0) is 10.0 Å². The molecule has 2 aromatic rings. The molecule has 0 spiro atoms. The molecule has 0 aliphatic rings. The van der Waals surface area contributed by atoms with E-state index in [-0.39, 0.29) is 21.4 Å². The molecule has 21 heavy (non-hydrogen) atoms. The van der Waals surface area contributed by atoms with E-state index in [1.807, 2.05) is 0 Å². The predicted molar refractivity (Wildman–Crippen MR) is 85.4 cm³/mol. The third-order valence-electron chi connectivity index (χ3n) is 2.51. The Morgan fingerprint density at radius 2 is 2.14 bits per heavy atom. The van der Waals surface area contributed by atoms with Crippen LogP contribution in [0, 0.1) is 0 Å². The standard InChI is InChI=1S/C13H12BrClN2O3S/c1-2-20-12-4-3-9(14)7-13(12)21(18,19)17-11-8-16-6-5-10(11)15/h3-8,17H,2H2,1H3. The van der Waals surface area contributed by atoms with E-state index in [0.717, 1.165) is 0 Å². The molecule has 2 rings (SSSR count). The molecule has 0 unspecified atom stereocenters. The molecular formula is C13H12BrClN2O3S. The first-order chi connectivity index (χ1) is 9.94. The minimum Gasteiger partial charge on any atom is -0.492 e. The van der Waals surface area contributed by atoms with E-state index >= 15 is 0 Å². The van der Waals surface area contributed by atoms with Gasteiger partial charge in [-0.3, -0.25) is 9.71 Å². The second-order valence-corrected chi connectivity index (χ2v) is 6.96. The first-order valence-electron chi connectivity index (χ1n) is 5.98. The van der Waals surface area contributed by atoms with Gasteiger partial charge in [0.25, 0.3) is 10.0 Å². The van der Waals surface area contributed by atoms with Gasteiger partial charge < -0.3 is 4.74 Å². The zero-order valence-corrected chi connectivity index (χ0v) is 14.2. The number of nitrogens with one attached hydrogen (secondary N) is 1. The fraction of sp³-hybridized carbons (Fsp3) is 0.154. The number of anilines is 1. The summed E-state index contributed by atoms with van der Waals surface area (Å²) in [6, 6.07) is 6.27. The summed E-state index contributed by atoms with van der Waals surface area (Å²) in [6.07, 6.45) is 2.82. The van der Waals surface area contributed by atoms with E-state index in [4.69, 9.17) is 16.3 Å². The van der Waals surface area contributed by atoms with Crippen molar-refractivity contribution >= 4 is 43.2 Å². The lowest BCUT2D eigenvalue weighted by molar-refractivity contribution is 0.331. The number of halogens is 2. The SMILES string of the molecule is CCOc1ccc(Br)cc1S(=O)(=O)Nc1cnccc1Cl. The monoisotopic (exact) mass is 390 g/mol. The van der Waals surface area contributed by atoms with Crippen molar-refractivity contribution in [1.82, 2.24) is 4.98 Å². The number of hydrogen-bond donors (Lipinski definition) is 1. The molecule has 0 amide bonds. The zero-order valence-electron chi connectivity index (χ0n) is 11.0. The van der Waals surface area contributed by atoms with Gasteiger partial charge in [0.15, 0.2) is 0 Å². The van der Waals surface area contributed by atoms with Crippen LogP contribution < -0.4 is 9.46 Å². The van der Waals surface area contributed by atoms with Gasteiger partial charge in [-0.25, -0.2) is 8.42 Å².